The van der Waals surface area contributed by atoms with E-state index in [2.05, 4.69) is 37.9 Å². The van der Waals surface area contributed by atoms with Crippen LogP contribution in [0.1, 0.15) is 59.8 Å². The third-order valence-electron chi connectivity index (χ3n) is 5.39. The molecule has 2 rings (SSSR count). The Labute approximate surface area is 131 Å². The molecule has 0 amide bonds. The van der Waals surface area contributed by atoms with E-state index in [1.807, 2.05) is 0 Å². The Morgan fingerprint density at radius 2 is 1.86 bits per heavy atom. The monoisotopic (exact) mass is 296 g/mol. The Morgan fingerprint density at radius 3 is 2.48 bits per heavy atom. The van der Waals surface area contributed by atoms with Gasteiger partial charge in [-0.2, -0.15) is 0 Å². The summed E-state index contributed by atoms with van der Waals surface area (Å²) in [7, 11) is 0. The molecule has 124 valence electrons. The minimum Gasteiger partial charge on any atom is -0.380 e. The molecule has 2 fully saturated rings. The number of nitrogens with one attached hydrogen (secondary N) is 1. The number of piperazine rings is 1. The van der Waals surface area contributed by atoms with Crippen molar-refractivity contribution in [3.8, 4) is 0 Å². The van der Waals surface area contributed by atoms with E-state index in [0.717, 1.165) is 32.2 Å². The minimum atomic E-state index is 0.330. The van der Waals surface area contributed by atoms with Gasteiger partial charge in [0.05, 0.1) is 6.61 Å². The number of rotatable bonds is 5. The van der Waals surface area contributed by atoms with Crippen LogP contribution in [0.4, 0.5) is 0 Å². The van der Waals surface area contributed by atoms with Gasteiger partial charge in [-0.15, -0.1) is 0 Å². The van der Waals surface area contributed by atoms with Crippen LogP contribution in [0.5, 0.6) is 0 Å². The van der Waals surface area contributed by atoms with Crippen molar-refractivity contribution < 1.29 is 4.74 Å². The molecule has 1 saturated heterocycles. The predicted octanol–water partition coefficient (Wildman–Crippen LogP) is 3.29. The van der Waals surface area contributed by atoms with E-state index in [-0.39, 0.29) is 0 Å². The van der Waals surface area contributed by atoms with Crippen molar-refractivity contribution in [1.29, 1.82) is 0 Å². The summed E-state index contributed by atoms with van der Waals surface area (Å²) in [6.07, 6.45) is 7.17. The highest BCUT2D eigenvalue weighted by atomic mass is 16.5. The molecule has 2 aliphatic rings. The molecule has 1 heterocycles. The second-order valence-corrected chi connectivity index (χ2v) is 7.99. The van der Waals surface area contributed by atoms with Crippen molar-refractivity contribution >= 4 is 0 Å². The average molecular weight is 296 g/mol. The quantitative estimate of drug-likeness (QED) is 0.788. The van der Waals surface area contributed by atoms with Crippen LogP contribution in [0.15, 0.2) is 0 Å². The fourth-order valence-electron chi connectivity index (χ4n) is 4.12. The van der Waals surface area contributed by atoms with Gasteiger partial charge in [-0.3, -0.25) is 4.90 Å². The lowest BCUT2D eigenvalue weighted by Crippen LogP contribution is -2.62. The van der Waals surface area contributed by atoms with Gasteiger partial charge in [-0.25, -0.2) is 0 Å². The molecule has 0 spiro atoms. The molecular formula is C18H36N2O. The first-order valence-electron chi connectivity index (χ1n) is 9.07. The van der Waals surface area contributed by atoms with Crippen LogP contribution in [-0.2, 0) is 4.74 Å². The highest BCUT2D eigenvalue weighted by Gasteiger charge is 2.37. The normalized spacial score (nSPS) is 29.7. The molecule has 21 heavy (non-hydrogen) atoms. The van der Waals surface area contributed by atoms with Crippen molar-refractivity contribution in [2.45, 2.75) is 71.9 Å². The maximum Gasteiger partial charge on any atom is 0.0593 e. The lowest BCUT2D eigenvalue weighted by molar-refractivity contribution is 0.0147. The first-order valence-corrected chi connectivity index (χ1v) is 9.07. The van der Waals surface area contributed by atoms with Gasteiger partial charge in [0, 0.05) is 38.3 Å². The molecule has 3 nitrogen and oxygen atoms in total. The first-order chi connectivity index (χ1) is 10.0. The Kier molecular flexibility index (Phi) is 6.51. The van der Waals surface area contributed by atoms with Crippen molar-refractivity contribution in [2.24, 2.45) is 11.3 Å². The summed E-state index contributed by atoms with van der Waals surface area (Å²) in [6, 6.07) is 1.32. The van der Waals surface area contributed by atoms with Crippen molar-refractivity contribution in [3.63, 3.8) is 0 Å². The Balaban J connectivity index is 1.94. The van der Waals surface area contributed by atoms with Crippen LogP contribution in [0.2, 0.25) is 0 Å². The Bertz CT molecular complexity index is 294. The zero-order valence-electron chi connectivity index (χ0n) is 14.7. The molecule has 1 N–H and O–H groups in total. The standard InChI is InChI=1S/C18H36N2O/c1-5-21-12-11-20-14-16(15-9-7-6-8-10-15)19-13-17(20)18(2,3)4/h15-17,19H,5-14H2,1-4H3. The van der Waals surface area contributed by atoms with E-state index in [1.165, 1.54) is 38.6 Å². The molecule has 0 aromatic rings. The van der Waals surface area contributed by atoms with Gasteiger partial charge in [0.15, 0.2) is 0 Å². The largest absolute Gasteiger partial charge is 0.380 e. The maximum absolute atomic E-state index is 5.62. The summed E-state index contributed by atoms with van der Waals surface area (Å²) >= 11 is 0. The van der Waals surface area contributed by atoms with Gasteiger partial charge in [-0.05, 0) is 31.1 Å². The number of nitrogens with zero attached hydrogens (tertiary/aromatic N) is 1. The first kappa shape index (κ1) is 17.2. The number of ether oxygens (including phenoxy) is 1. The highest BCUT2D eigenvalue weighted by molar-refractivity contribution is 4.94. The second kappa shape index (κ2) is 7.94. The second-order valence-electron chi connectivity index (χ2n) is 7.99. The fraction of sp³-hybridized carbons (Fsp3) is 1.00. The number of hydrogen-bond acceptors (Lipinski definition) is 3. The van der Waals surface area contributed by atoms with Gasteiger partial charge in [-0.1, -0.05) is 40.0 Å². The van der Waals surface area contributed by atoms with Gasteiger partial charge in [0.1, 0.15) is 0 Å². The zero-order chi connectivity index (χ0) is 15.3. The molecule has 0 radical (unpaired) electrons. The molecule has 1 saturated carbocycles. The number of hydrogen-bond donors (Lipinski definition) is 1. The van der Waals surface area contributed by atoms with Crippen LogP contribution in [-0.4, -0.2) is 49.8 Å². The minimum absolute atomic E-state index is 0.330. The third kappa shape index (κ3) is 4.94. The molecule has 0 bridgehead atoms. The summed E-state index contributed by atoms with van der Waals surface area (Å²) in [5.41, 5.74) is 0.330. The lowest BCUT2D eigenvalue weighted by Gasteiger charge is -2.48. The summed E-state index contributed by atoms with van der Waals surface area (Å²) < 4.78 is 5.62. The predicted molar refractivity (Wildman–Crippen MR) is 89.7 cm³/mol. The lowest BCUT2D eigenvalue weighted by atomic mass is 9.79. The highest BCUT2D eigenvalue weighted by Crippen LogP contribution is 2.31. The van der Waals surface area contributed by atoms with Gasteiger partial charge in [0.25, 0.3) is 0 Å². The molecule has 3 heteroatoms. The molecule has 2 atom stereocenters. The van der Waals surface area contributed by atoms with Crippen LogP contribution in [0.25, 0.3) is 0 Å². The van der Waals surface area contributed by atoms with Crippen LogP contribution in [0.3, 0.4) is 0 Å². The smallest absolute Gasteiger partial charge is 0.0593 e. The molecule has 0 aromatic carbocycles. The Morgan fingerprint density at radius 1 is 1.14 bits per heavy atom. The maximum atomic E-state index is 5.62. The summed E-state index contributed by atoms with van der Waals surface area (Å²) in [5.74, 6) is 0.897. The van der Waals surface area contributed by atoms with Crippen molar-refractivity contribution in [1.82, 2.24) is 10.2 Å². The third-order valence-corrected chi connectivity index (χ3v) is 5.39. The van der Waals surface area contributed by atoms with Gasteiger partial charge < -0.3 is 10.1 Å². The summed E-state index contributed by atoms with van der Waals surface area (Å²) in [5, 5.41) is 3.88. The van der Waals surface area contributed by atoms with E-state index in [1.54, 1.807) is 0 Å². The SMILES string of the molecule is CCOCCN1CC(C2CCCCC2)NCC1C(C)(C)C. The molecule has 2 unspecified atom stereocenters. The van der Waals surface area contributed by atoms with E-state index in [0.29, 0.717) is 17.5 Å². The van der Waals surface area contributed by atoms with Gasteiger partial charge >= 0.3 is 0 Å². The van der Waals surface area contributed by atoms with Crippen LogP contribution < -0.4 is 5.32 Å². The van der Waals surface area contributed by atoms with Crippen LogP contribution in [0, 0.1) is 11.3 Å². The molecule has 1 aliphatic carbocycles. The summed E-state index contributed by atoms with van der Waals surface area (Å²) in [4.78, 5) is 2.70. The average Bonchev–Trinajstić information content (AvgIpc) is 2.47. The fourth-order valence-corrected chi connectivity index (χ4v) is 4.12. The van der Waals surface area contributed by atoms with E-state index in [4.69, 9.17) is 4.74 Å². The van der Waals surface area contributed by atoms with Crippen molar-refractivity contribution in [2.75, 3.05) is 32.8 Å². The zero-order valence-corrected chi connectivity index (χ0v) is 14.7. The van der Waals surface area contributed by atoms with Gasteiger partial charge in [0.2, 0.25) is 0 Å². The molecular weight excluding hydrogens is 260 g/mol. The molecule has 1 aliphatic heterocycles. The van der Waals surface area contributed by atoms with E-state index in [9.17, 15) is 0 Å². The van der Waals surface area contributed by atoms with Crippen molar-refractivity contribution in [3.05, 3.63) is 0 Å². The van der Waals surface area contributed by atoms with E-state index >= 15 is 0 Å². The topological polar surface area (TPSA) is 24.5 Å². The molecule has 0 aromatic heterocycles. The van der Waals surface area contributed by atoms with Crippen LogP contribution >= 0.6 is 0 Å². The van der Waals surface area contributed by atoms with E-state index < -0.39 is 0 Å². The Hall–Kier alpha value is -0.120. The summed E-state index contributed by atoms with van der Waals surface area (Å²) in [6.45, 7) is 14.3.